The molecule has 2 fully saturated rings. The maximum Gasteiger partial charge on any atom is 0.221 e. The number of likely N-dealkylation sites (tertiary alicyclic amines) is 1. The molecule has 0 bridgehead atoms. The van der Waals surface area contributed by atoms with Gasteiger partial charge in [-0.3, -0.25) is 14.7 Å². The van der Waals surface area contributed by atoms with Crippen molar-refractivity contribution < 1.29 is 4.79 Å². The van der Waals surface area contributed by atoms with Crippen LogP contribution in [0.5, 0.6) is 0 Å². The maximum absolute atomic E-state index is 12.4. The summed E-state index contributed by atoms with van der Waals surface area (Å²) in [5.74, 6) is 0.919. The van der Waals surface area contributed by atoms with Crippen molar-refractivity contribution in [3.05, 3.63) is 30.5 Å². The summed E-state index contributed by atoms with van der Waals surface area (Å²) in [7, 11) is 0. The molecule has 134 valence electrons. The van der Waals surface area contributed by atoms with E-state index in [1.54, 1.807) is 12.4 Å². The number of nitrogens with zero attached hydrogens (tertiary/aromatic N) is 4. The zero-order valence-corrected chi connectivity index (χ0v) is 14.5. The van der Waals surface area contributed by atoms with E-state index in [1.165, 1.54) is 12.8 Å². The van der Waals surface area contributed by atoms with Gasteiger partial charge in [0.2, 0.25) is 5.91 Å². The number of carbonyl (C=O) groups excluding carboxylic acids is 1. The van der Waals surface area contributed by atoms with Gasteiger partial charge in [0.05, 0.1) is 18.4 Å². The van der Waals surface area contributed by atoms with E-state index in [-0.39, 0.29) is 5.91 Å². The predicted octanol–water partition coefficient (Wildman–Crippen LogP) is 0.937. The van der Waals surface area contributed by atoms with Gasteiger partial charge in [0, 0.05) is 50.2 Å². The Labute approximate surface area is 147 Å². The molecule has 2 aliphatic rings. The fourth-order valence-corrected chi connectivity index (χ4v) is 3.84. The number of nitrogens with two attached hydrogens (primary N) is 1. The van der Waals surface area contributed by atoms with Gasteiger partial charge in [0.15, 0.2) is 5.65 Å². The standard InChI is InChI=1S/C18H26N6O/c19-8-16-4-3-15(24(16)11-13-1-2-13)7-18(25)21-9-14-12-23-6-5-20-10-17(23)22-14/h5-6,10,12-13,15-16H,1-4,7-9,11,19H2,(H,21,25)/t15-,16+/m0/s1. The van der Waals surface area contributed by atoms with Gasteiger partial charge in [-0.05, 0) is 31.6 Å². The second-order valence-electron chi connectivity index (χ2n) is 7.32. The third-order valence-corrected chi connectivity index (χ3v) is 5.41. The Hall–Kier alpha value is -1.99. The molecule has 2 aromatic rings. The third-order valence-electron chi connectivity index (χ3n) is 5.41. The van der Waals surface area contributed by atoms with Gasteiger partial charge in [-0.2, -0.15) is 0 Å². The quantitative estimate of drug-likeness (QED) is 0.782. The van der Waals surface area contributed by atoms with Crippen LogP contribution >= 0.6 is 0 Å². The van der Waals surface area contributed by atoms with Gasteiger partial charge in [-0.25, -0.2) is 4.98 Å². The second kappa shape index (κ2) is 7.09. The summed E-state index contributed by atoms with van der Waals surface area (Å²) >= 11 is 0. The largest absolute Gasteiger partial charge is 0.350 e. The maximum atomic E-state index is 12.4. The SMILES string of the molecule is NC[C@H]1CC[C@@H](CC(=O)NCc2cn3ccncc3n2)N1CC1CC1. The Balaban J connectivity index is 1.31. The van der Waals surface area contributed by atoms with Crippen molar-refractivity contribution in [1.29, 1.82) is 0 Å². The normalized spacial score (nSPS) is 24.0. The number of carbonyl (C=O) groups is 1. The highest BCUT2D eigenvalue weighted by molar-refractivity contribution is 5.76. The Bertz CT molecular complexity index is 707. The van der Waals surface area contributed by atoms with Crippen molar-refractivity contribution in [1.82, 2.24) is 24.6 Å². The van der Waals surface area contributed by atoms with E-state index in [0.29, 0.717) is 31.6 Å². The van der Waals surface area contributed by atoms with Crippen molar-refractivity contribution in [2.24, 2.45) is 11.7 Å². The van der Waals surface area contributed by atoms with Crippen molar-refractivity contribution >= 4 is 11.6 Å². The summed E-state index contributed by atoms with van der Waals surface area (Å²) < 4.78 is 1.91. The number of amides is 1. The number of fused-ring (bicyclic) bond motifs is 1. The van der Waals surface area contributed by atoms with E-state index in [2.05, 4.69) is 20.2 Å². The molecule has 3 N–H and O–H groups in total. The van der Waals surface area contributed by atoms with Crippen LogP contribution in [0.4, 0.5) is 0 Å². The van der Waals surface area contributed by atoms with Gasteiger partial charge in [0.25, 0.3) is 0 Å². The minimum Gasteiger partial charge on any atom is -0.350 e. The molecule has 1 saturated carbocycles. The number of hydrogen-bond acceptors (Lipinski definition) is 5. The molecule has 1 saturated heterocycles. The molecule has 25 heavy (non-hydrogen) atoms. The molecule has 4 rings (SSSR count). The molecule has 0 aromatic carbocycles. The van der Waals surface area contributed by atoms with Crippen LogP contribution in [-0.2, 0) is 11.3 Å². The second-order valence-corrected chi connectivity index (χ2v) is 7.32. The van der Waals surface area contributed by atoms with E-state index < -0.39 is 0 Å². The van der Waals surface area contributed by atoms with E-state index in [0.717, 1.165) is 36.6 Å². The molecule has 7 heteroatoms. The Morgan fingerprint density at radius 3 is 2.88 bits per heavy atom. The van der Waals surface area contributed by atoms with E-state index in [4.69, 9.17) is 5.73 Å². The number of imidazole rings is 1. The van der Waals surface area contributed by atoms with E-state index in [1.807, 2.05) is 16.8 Å². The highest BCUT2D eigenvalue weighted by Crippen LogP contribution is 2.35. The van der Waals surface area contributed by atoms with Gasteiger partial charge in [-0.15, -0.1) is 0 Å². The van der Waals surface area contributed by atoms with Crippen molar-refractivity contribution in [3.8, 4) is 0 Å². The lowest BCUT2D eigenvalue weighted by molar-refractivity contribution is -0.122. The molecular weight excluding hydrogens is 316 g/mol. The topological polar surface area (TPSA) is 88.5 Å². The first-order chi connectivity index (χ1) is 12.2. The minimum atomic E-state index is 0.0960. The van der Waals surface area contributed by atoms with Crippen LogP contribution in [0.3, 0.4) is 0 Å². The summed E-state index contributed by atoms with van der Waals surface area (Å²) in [5, 5.41) is 3.02. The highest BCUT2D eigenvalue weighted by atomic mass is 16.1. The van der Waals surface area contributed by atoms with Crippen LogP contribution in [0.2, 0.25) is 0 Å². The smallest absolute Gasteiger partial charge is 0.221 e. The zero-order valence-electron chi connectivity index (χ0n) is 14.5. The molecule has 1 amide bonds. The monoisotopic (exact) mass is 342 g/mol. The van der Waals surface area contributed by atoms with Crippen molar-refractivity contribution in [2.45, 2.75) is 50.7 Å². The van der Waals surface area contributed by atoms with E-state index >= 15 is 0 Å². The Morgan fingerprint density at radius 1 is 1.28 bits per heavy atom. The first-order valence-corrected chi connectivity index (χ1v) is 9.23. The lowest BCUT2D eigenvalue weighted by atomic mass is 10.1. The van der Waals surface area contributed by atoms with Gasteiger partial charge < -0.3 is 15.5 Å². The molecule has 7 nitrogen and oxygen atoms in total. The summed E-state index contributed by atoms with van der Waals surface area (Å²) in [5.41, 5.74) is 7.57. The van der Waals surface area contributed by atoms with Gasteiger partial charge >= 0.3 is 0 Å². The number of aromatic nitrogens is 3. The fraction of sp³-hybridized carbons (Fsp3) is 0.611. The molecule has 0 radical (unpaired) electrons. The van der Waals surface area contributed by atoms with Crippen LogP contribution in [-0.4, -0.2) is 50.3 Å². The summed E-state index contributed by atoms with van der Waals surface area (Å²) in [6.07, 6.45) is 12.6. The van der Waals surface area contributed by atoms with Crippen LogP contribution in [0, 0.1) is 5.92 Å². The number of hydrogen-bond donors (Lipinski definition) is 2. The van der Waals surface area contributed by atoms with Crippen LogP contribution < -0.4 is 11.1 Å². The molecular formula is C18H26N6O. The molecule has 0 unspecified atom stereocenters. The average Bonchev–Trinajstić information content (AvgIpc) is 3.21. The summed E-state index contributed by atoms with van der Waals surface area (Å²) in [6, 6.07) is 0.781. The number of nitrogens with one attached hydrogen (secondary N) is 1. The molecule has 1 aliphatic carbocycles. The van der Waals surface area contributed by atoms with Crippen molar-refractivity contribution in [2.75, 3.05) is 13.1 Å². The lowest BCUT2D eigenvalue weighted by Gasteiger charge is -2.29. The Morgan fingerprint density at radius 2 is 2.12 bits per heavy atom. The summed E-state index contributed by atoms with van der Waals surface area (Å²) in [6.45, 7) is 2.26. The first-order valence-electron chi connectivity index (χ1n) is 9.23. The average molecular weight is 342 g/mol. The predicted molar refractivity (Wildman–Crippen MR) is 94.7 cm³/mol. The number of rotatable bonds is 7. The highest BCUT2D eigenvalue weighted by Gasteiger charge is 2.37. The molecule has 3 heterocycles. The van der Waals surface area contributed by atoms with Crippen LogP contribution in [0.1, 0.15) is 37.8 Å². The molecule has 1 aliphatic heterocycles. The fourth-order valence-electron chi connectivity index (χ4n) is 3.84. The lowest BCUT2D eigenvalue weighted by Crippen LogP contribution is -2.43. The van der Waals surface area contributed by atoms with Gasteiger partial charge in [-0.1, -0.05) is 0 Å². The molecule has 2 aromatic heterocycles. The van der Waals surface area contributed by atoms with Crippen LogP contribution in [0.25, 0.3) is 5.65 Å². The van der Waals surface area contributed by atoms with Crippen molar-refractivity contribution in [3.63, 3.8) is 0 Å². The minimum absolute atomic E-state index is 0.0960. The van der Waals surface area contributed by atoms with Gasteiger partial charge in [0.1, 0.15) is 0 Å². The van der Waals surface area contributed by atoms with E-state index in [9.17, 15) is 4.79 Å². The zero-order chi connectivity index (χ0) is 17.2. The molecule has 0 spiro atoms. The first kappa shape index (κ1) is 16.5. The Kier molecular flexibility index (Phi) is 4.67. The van der Waals surface area contributed by atoms with Crippen LogP contribution in [0.15, 0.2) is 24.8 Å². The third kappa shape index (κ3) is 3.82. The molecule has 2 atom stereocenters. The summed E-state index contributed by atoms with van der Waals surface area (Å²) in [4.78, 5) is 23.4.